The number of ether oxygens (including phenoxy) is 1. The number of furan rings is 1. The molecule has 7 heteroatoms. The lowest BCUT2D eigenvalue weighted by atomic mass is 10.1. The molecule has 2 aromatic rings. The zero-order valence-electron chi connectivity index (χ0n) is 10.4. The lowest BCUT2D eigenvalue weighted by Gasteiger charge is -1.99. The van der Waals surface area contributed by atoms with Crippen LogP contribution in [0.25, 0.3) is 0 Å². The van der Waals surface area contributed by atoms with Crippen LogP contribution in [0.5, 0.6) is 0 Å². The van der Waals surface area contributed by atoms with Gasteiger partial charge in [-0.25, -0.2) is 4.79 Å². The van der Waals surface area contributed by atoms with Gasteiger partial charge in [0.1, 0.15) is 5.56 Å². The Kier molecular flexibility index (Phi) is 3.60. The molecule has 0 atom stereocenters. The van der Waals surface area contributed by atoms with Crippen LogP contribution in [-0.2, 0) is 4.74 Å². The largest absolute Gasteiger partial charge is 0.463 e. The Balaban J connectivity index is 2.39. The summed E-state index contributed by atoms with van der Waals surface area (Å²) in [5, 5.41) is 10.9. The van der Waals surface area contributed by atoms with E-state index in [1.807, 2.05) is 0 Å². The molecule has 20 heavy (non-hydrogen) atoms. The minimum Gasteiger partial charge on any atom is -0.463 e. The molecule has 2 rings (SSSR count). The predicted octanol–water partition coefficient (Wildman–Crippen LogP) is 2.21. The summed E-state index contributed by atoms with van der Waals surface area (Å²) in [6.45, 7) is 0. The van der Waals surface area contributed by atoms with E-state index in [2.05, 4.69) is 4.74 Å². The van der Waals surface area contributed by atoms with Crippen molar-refractivity contribution in [1.82, 2.24) is 0 Å². The number of ketones is 1. The molecule has 1 heterocycles. The van der Waals surface area contributed by atoms with Gasteiger partial charge in [-0.1, -0.05) is 12.1 Å². The zero-order chi connectivity index (χ0) is 14.7. The average Bonchev–Trinajstić information content (AvgIpc) is 2.95. The molecular weight excluding hydrogens is 266 g/mol. The van der Waals surface area contributed by atoms with Crippen molar-refractivity contribution in [2.75, 3.05) is 7.11 Å². The molecule has 0 radical (unpaired) electrons. The minimum atomic E-state index is -0.730. The molecule has 0 saturated heterocycles. The van der Waals surface area contributed by atoms with E-state index in [1.54, 1.807) is 0 Å². The summed E-state index contributed by atoms with van der Waals surface area (Å²) in [7, 11) is 1.17. The molecular formula is C13H9NO6. The minimum absolute atomic E-state index is 0.108. The third-order valence-corrected chi connectivity index (χ3v) is 2.56. The fourth-order valence-electron chi connectivity index (χ4n) is 1.63. The lowest BCUT2D eigenvalue weighted by Crippen LogP contribution is -2.04. The van der Waals surface area contributed by atoms with Gasteiger partial charge in [-0.3, -0.25) is 14.9 Å². The van der Waals surface area contributed by atoms with Crippen LogP contribution in [0.4, 0.5) is 5.69 Å². The zero-order valence-corrected chi connectivity index (χ0v) is 10.4. The Morgan fingerprint density at radius 3 is 2.45 bits per heavy atom. The summed E-state index contributed by atoms with van der Waals surface area (Å²) < 4.78 is 9.49. The van der Waals surface area contributed by atoms with E-state index in [1.165, 1.54) is 43.5 Å². The first-order chi connectivity index (χ1) is 9.54. The Morgan fingerprint density at radius 1 is 1.15 bits per heavy atom. The maximum atomic E-state index is 12.1. The molecule has 0 aliphatic heterocycles. The maximum Gasteiger partial charge on any atom is 0.373 e. The van der Waals surface area contributed by atoms with E-state index in [0.29, 0.717) is 0 Å². The third kappa shape index (κ3) is 2.41. The second-order valence-corrected chi connectivity index (χ2v) is 3.76. The number of carbonyl (C=O) groups is 2. The Morgan fingerprint density at radius 2 is 1.80 bits per heavy atom. The summed E-state index contributed by atoms with van der Waals surface area (Å²) in [4.78, 5) is 33.6. The number of rotatable bonds is 4. The van der Waals surface area contributed by atoms with Crippen molar-refractivity contribution in [3.63, 3.8) is 0 Å². The SMILES string of the molecule is COC(=O)c1ccc(C(=O)c2ccccc2[N+](=O)[O-])o1. The van der Waals surface area contributed by atoms with Gasteiger partial charge < -0.3 is 9.15 Å². The van der Waals surface area contributed by atoms with Gasteiger partial charge in [-0.2, -0.15) is 0 Å². The molecule has 1 aromatic heterocycles. The Hall–Kier alpha value is -2.96. The molecule has 0 N–H and O–H groups in total. The summed E-state index contributed by atoms with van der Waals surface area (Å²) >= 11 is 0. The normalized spacial score (nSPS) is 10.1. The first-order valence-corrected chi connectivity index (χ1v) is 5.51. The second-order valence-electron chi connectivity index (χ2n) is 3.76. The topological polar surface area (TPSA) is 99.7 Å². The van der Waals surface area contributed by atoms with Crippen LogP contribution >= 0.6 is 0 Å². The number of nitrogens with zero attached hydrogens (tertiary/aromatic N) is 1. The van der Waals surface area contributed by atoms with Crippen LogP contribution in [0.1, 0.15) is 26.7 Å². The van der Waals surface area contributed by atoms with E-state index in [4.69, 9.17) is 4.42 Å². The van der Waals surface area contributed by atoms with Crippen LogP contribution in [0.3, 0.4) is 0 Å². The van der Waals surface area contributed by atoms with Gasteiger partial charge in [0.05, 0.1) is 12.0 Å². The molecule has 0 fully saturated rings. The van der Waals surface area contributed by atoms with Crippen molar-refractivity contribution < 1.29 is 23.7 Å². The van der Waals surface area contributed by atoms with Crippen LogP contribution in [0.15, 0.2) is 40.8 Å². The number of para-hydroxylation sites is 1. The van der Waals surface area contributed by atoms with E-state index >= 15 is 0 Å². The third-order valence-electron chi connectivity index (χ3n) is 2.56. The second kappa shape index (κ2) is 5.35. The highest BCUT2D eigenvalue weighted by atomic mass is 16.6. The number of benzene rings is 1. The number of hydrogen-bond donors (Lipinski definition) is 0. The Bertz CT molecular complexity index is 688. The predicted molar refractivity (Wildman–Crippen MR) is 66.6 cm³/mol. The lowest BCUT2D eigenvalue weighted by molar-refractivity contribution is -0.385. The summed E-state index contributed by atoms with van der Waals surface area (Å²) in [5.41, 5.74) is -0.434. The van der Waals surface area contributed by atoms with Crippen molar-refractivity contribution in [3.05, 3.63) is 63.6 Å². The summed E-state index contributed by atoms with van der Waals surface area (Å²) in [5.74, 6) is -1.71. The molecule has 0 spiro atoms. The average molecular weight is 275 g/mol. The smallest absolute Gasteiger partial charge is 0.373 e. The van der Waals surface area contributed by atoms with E-state index in [9.17, 15) is 19.7 Å². The molecule has 1 aromatic carbocycles. The van der Waals surface area contributed by atoms with Crippen molar-refractivity contribution in [2.24, 2.45) is 0 Å². The quantitative estimate of drug-likeness (QED) is 0.367. The maximum absolute atomic E-state index is 12.1. The molecule has 0 aliphatic rings. The molecule has 0 aliphatic carbocycles. The first kappa shape index (κ1) is 13.5. The summed E-state index contributed by atoms with van der Waals surface area (Å²) in [6.07, 6.45) is 0. The molecule has 102 valence electrons. The van der Waals surface area contributed by atoms with Gasteiger partial charge >= 0.3 is 5.97 Å². The highest BCUT2D eigenvalue weighted by Gasteiger charge is 2.24. The Labute approximate surface area is 112 Å². The van der Waals surface area contributed by atoms with Gasteiger partial charge in [0.2, 0.25) is 11.5 Å². The molecule has 0 amide bonds. The standard InChI is InChI=1S/C13H9NO6/c1-19-13(16)11-7-6-10(20-11)12(15)8-4-2-3-5-9(8)14(17)18/h2-7H,1H3. The van der Waals surface area contributed by atoms with Gasteiger partial charge in [0.25, 0.3) is 5.69 Å². The highest BCUT2D eigenvalue weighted by Crippen LogP contribution is 2.22. The molecule has 0 saturated carbocycles. The van der Waals surface area contributed by atoms with Crippen LogP contribution < -0.4 is 0 Å². The van der Waals surface area contributed by atoms with Crippen LogP contribution in [0.2, 0.25) is 0 Å². The van der Waals surface area contributed by atoms with Gasteiger partial charge in [0.15, 0.2) is 5.76 Å². The fraction of sp³-hybridized carbons (Fsp3) is 0.0769. The van der Waals surface area contributed by atoms with Crippen LogP contribution in [0, 0.1) is 10.1 Å². The van der Waals surface area contributed by atoms with Gasteiger partial charge in [-0.05, 0) is 18.2 Å². The first-order valence-electron chi connectivity index (χ1n) is 5.51. The molecule has 0 unspecified atom stereocenters. The number of nitro groups is 1. The van der Waals surface area contributed by atoms with Crippen molar-refractivity contribution >= 4 is 17.4 Å². The van der Waals surface area contributed by atoms with Crippen molar-refractivity contribution in [2.45, 2.75) is 0 Å². The monoisotopic (exact) mass is 275 g/mol. The number of methoxy groups -OCH3 is 1. The molecule has 0 bridgehead atoms. The highest BCUT2D eigenvalue weighted by molar-refractivity contribution is 6.10. The number of nitro benzene ring substituents is 1. The van der Waals surface area contributed by atoms with Gasteiger partial charge in [0, 0.05) is 6.07 Å². The summed E-state index contributed by atoms with van der Waals surface area (Å²) in [6, 6.07) is 8.04. The number of carbonyl (C=O) groups excluding carboxylic acids is 2. The van der Waals surface area contributed by atoms with Crippen molar-refractivity contribution in [3.8, 4) is 0 Å². The number of hydrogen-bond acceptors (Lipinski definition) is 6. The van der Waals surface area contributed by atoms with E-state index in [-0.39, 0.29) is 22.8 Å². The van der Waals surface area contributed by atoms with Crippen LogP contribution in [-0.4, -0.2) is 23.8 Å². The fourth-order valence-corrected chi connectivity index (χ4v) is 1.63. The van der Waals surface area contributed by atoms with E-state index < -0.39 is 16.7 Å². The van der Waals surface area contributed by atoms with E-state index in [0.717, 1.165) is 0 Å². The van der Waals surface area contributed by atoms with Crippen molar-refractivity contribution in [1.29, 1.82) is 0 Å². The number of esters is 1. The molecule has 7 nitrogen and oxygen atoms in total. The van der Waals surface area contributed by atoms with Gasteiger partial charge in [-0.15, -0.1) is 0 Å².